The molecule has 6 nitrogen and oxygen atoms in total. The number of methoxy groups -OCH3 is 2. The van der Waals surface area contributed by atoms with Crippen LogP contribution in [0.25, 0.3) is 0 Å². The van der Waals surface area contributed by atoms with E-state index in [4.69, 9.17) is 14.6 Å². The Kier molecular flexibility index (Phi) is 5.47. The summed E-state index contributed by atoms with van der Waals surface area (Å²) in [4.78, 5) is 25.2. The zero-order valence-electron chi connectivity index (χ0n) is 13.7. The number of carbonyl (C=O) groups excluding carboxylic acids is 1. The number of rotatable bonds is 6. The lowest BCUT2D eigenvalue weighted by Gasteiger charge is -2.23. The van der Waals surface area contributed by atoms with Crippen LogP contribution in [-0.2, 0) is 16.0 Å². The highest BCUT2D eigenvalue weighted by atomic mass is 16.5. The molecule has 1 fully saturated rings. The van der Waals surface area contributed by atoms with Crippen LogP contribution in [0.2, 0.25) is 0 Å². The minimum atomic E-state index is -0.831. The van der Waals surface area contributed by atoms with Gasteiger partial charge in [-0.3, -0.25) is 9.59 Å². The third-order valence-electron chi connectivity index (χ3n) is 4.49. The summed E-state index contributed by atoms with van der Waals surface area (Å²) in [5, 5.41) is 9.15. The van der Waals surface area contributed by atoms with Gasteiger partial charge in [0.1, 0.15) is 11.5 Å². The van der Waals surface area contributed by atoms with Crippen LogP contribution in [-0.4, -0.2) is 48.7 Å². The van der Waals surface area contributed by atoms with Crippen LogP contribution in [0.3, 0.4) is 0 Å². The van der Waals surface area contributed by atoms with Gasteiger partial charge < -0.3 is 19.5 Å². The highest BCUT2D eigenvalue weighted by Gasteiger charge is 2.37. The van der Waals surface area contributed by atoms with Gasteiger partial charge in [0.15, 0.2) is 0 Å². The van der Waals surface area contributed by atoms with Gasteiger partial charge >= 0.3 is 5.97 Å². The van der Waals surface area contributed by atoms with E-state index < -0.39 is 11.9 Å². The van der Waals surface area contributed by atoms with E-state index in [2.05, 4.69) is 0 Å². The molecule has 0 aliphatic carbocycles. The molecule has 0 aromatic heterocycles. The van der Waals surface area contributed by atoms with Crippen molar-refractivity contribution in [1.29, 1.82) is 0 Å². The van der Waals surface area contributed by atoms with Gasteiger partial charge in [-0.2, -0.15) is 0 Å². The molecule has 1 aliphatic heterocycles. The smallest absolute Gasteiger partial charge is 0.308 e. The summed E-state index contributed by atoms with van der Waals surface area (Å²) >= 11 is 0. The number of amides is 1. The summed E-state index contributed by atoms with van der Waals surface area (Å²) in [6, 6.07) is 5.23. The number of ether oxygens (including phenoxy) is 2. The number of hydrogen-bond acceptors (Lipinski definition) is 4. The number of aliphatic carboxylic acids is 1. The molecule has 1 saturated heterocycles. The molecule has 1 aromatic rings. The lowest BCUT2D eigenvalue weighted by Crippen LogP contribution is -2.37. The van der Waals surface area contributed by atoms with Gasteiger partial charge in [0.2, 0.25) is 5.91 Å². The number of carboxylic acids is 1. The minimum absolute atomic E-state index is 0.0221. The highest BCUT2D eigenvalue weighted by molar-refractivity contribution is 5.79. The van der Waals surface area contributed by atoms with Crippen molar-refractivity contribution in [2.24, 2.45) is 5.92 Å². The fraction of sp³-hybridized carbons (Fsp3) is 0.529. The molecule has 0 bridgehead atoms. The standard InChI is InChI=1S/C17H23NO5/c1-11-14(17(20)21)8-9-18(11)16(19)7-4-12-10-13(22-2)5-6-15(12)23-3/h5-6,10-11,14H,4,7-9H2,1-3H3,(H,20,21). The Balaban J connectivity index is 2.01. The van der Waals surface area contributed by atoms with Crippen LogP contribution in [0, 0.1) is 5.92 Å². The molecule has 0 spiro atoms. The summed E-state index contributed by atoms with van der Waals surface area (Å²) in [5.41, 5.74) is 0.904. The summed E-state index contributed by atoms with van der Waals surface area (Å²) in [6.45, 7) is 2.31. The average Bonchev–Trinajstić information content (AvgIpc) is 2.94. The Labute approximate surface area is 136 Å². The van der Waals surface area contributed by atoms with Crippen molar-refractivity contribution in [2.75, 3.05) is 20.8 Å². The van der Waals surface area contributed by atoms with E-state index in [0.717, 1.165) is 11.3 Å². The molecule has 1 amide bonds. The van der Waals surface area contributed by atoms with Crippen LogP contribution in [0.15, 0.2) is 18.2 Å². The fourth-order valence-corrected chi connectivity index (χ4v) is 3.08. The molecule has 1 aliphatic rings. The van der Waals surface area contributed by atoms with Crippen molar-refractivity contribution < 1.29 is 24.2 Å². The van der Waals surface area contributed by atoms with Crippen molar-refractivity contribution in [3.8, 4) is 11.5 Å². The molecule has 0 radical (unpaired) electrons. The van der Waals surface area contributed by atoms with E-state index >= 15 is 0 Å². The summed E-state index contributed by atoms with van der Waals surface area (Å²) < 4.78 is 10.5. The number of benzene rings is 1. The Morgan fingerprint density at radius 3 is 2.61 bits per heavy atom. The van der Waals surface area contributed by atoms with Gasteiger partial charge in [0, 0.05) is 19.0 Å². The maximum atomic E-state index is 12.4. The Hall–Kier alpha value is -2.24. The van der Waals surface area contributed by atoms with Gasteiger partial charge in [-0.1, -0.05) is 0 Å². The van der Waals surface area contributed by atoms with Crippen LogP contribution in [0.4, 0.5) is 0 Å². The zero-order valence-corrected chi connectivity index (χ0v) is 13.7. The maximum absolute atomic E-state index is 12.4. The molecule has 0 saturated carbocycles. The minimum Gasteiger partial charge on any atom is -0.497 e. The molecule has 2 rings (SSSR count). The topological polar surface area (TPSA) is 76.1 Å². The number of hydrogen-bond donors (Lipinski definition) is 1. The number of carbonyl (C=O) groups is 2. The predicted molar refractivity (Wildman–Crippen MR) is 84.8 cm³/mol. The van der Waals surface area contributed by atoms with Crippen molar-refractivity contribution in [3.63, 3.8) is 0 Å². The lowest BCUT2D eigenvalue weighted by atomic mass is 10.0. The second-order valence-electron chi connectivity index (χ2n) is 5.74. The van der Waals surface area contributed by atoms with E-state index in [9.17, 15) is 9.59 Å². The normalized spacial score (nSPS) is 20.4. The Morgan fingerprint density at radius 1 is 1.30 bits per heavy atom. The second kappa shape index (κ2) is 7.35. The summed E-state index contributed by atoms with van der Waals surface area (Å²) in [6.07, 6.45) is 1.37. The largest absolute Gasteiger partial charge is 0.497 e. The van der Waals surface area contributed by atoms with Gasteiger partial charge in [-0.25, -0.2) is 0 Å². The zero-order chi connectivity index (χ0) is 17.0. The van der Waals surface area contributed by atoms with E-state index in [1.54, 1.807) is 26.0 Å². The van der Waals surface area contributed by atoms with E-state index in [-0.39, 0.29) is 11.9 Å². The summed E-state index contributed by atoms with van der Waals surface area (Å²) in [7, 11) is 3.18. The van der Waals surface area contributed by atoms with E-state index in [1.165, 1.54) is 0 Å². The molecule has 1 heterocycles. The first-order valence-corrected chi connectivity index (χ1v) is 7.71. The molecule has 1 aromatic carbocycles. The van der Waals surface area contributed by atoms with Crippen LogP contribution >= 0.6 is 0 Å². The SMILES string of the molecule is COc1ccc(OC)c(CCC(=O)N2CCC(C(=O)O)C2C)c1. The van der Waals surface area contributed by atoms with Gasteiger partial charge in [0.25, 0.3) is 0 Å². The fourth-order valence-electron chi connectivity index (χ4n) is 3.08. The average molecular weight is 321 g/mol. The molecule has 2 unspecified atom stereocenters. The number of aryl methyl sites for hydroxylation is 1. The molecule has 2 atom stereocenters. The number of nitrogens with zero attached hydrogens (tertiary/aromatic N) is 1. The van der Waals surface area contributed by atoms with Crippen molar-refractivity contribution >= 4 is 11.9 Å². The monoisotopic (exact) mass is 321 g/mol. The summed E-state index contributed by atoms with van der Waals surface area (Å²) in [5.74, 6) is 0.115. The predicted octanol–water partition coefficient (Wildman–Crippen LogP) is 1.96. The lowest BCUT2D eigenvalue weighted by molar-refractivity contribution is -0.143. The quantitative estimate of drug-likeness (QED) is 0.867. The molecule has 6 heteroatoms. The van der Waals surface area contributed by atoms with Crippen molar-refractivity contribution in [2.45, 2.75) is 32.2 Å². The van der Waals surface area contributed by atoms with E-state index in [1.807, 2.05) is 18.2 Å². The highest BCUT2D eigenvalue weighted by Crippen LogP contribution is 2.28. The van der Waals surface area contributed by atoms with Gasteiger partial charge in [-0.05, 0) is 43.5 Å². The Bertz CT molecular complexity index is 586. The van der Waals surface area contributed by atoms with Crippen molar-refractivity contribution in [3.05, 3.63) is 23.8 Å². The number of likely N-dealkylation sites (tertiary alicyclic amines) is 1. The first-order valence-electron chi connectivity index (χ1n) is 7.71. The first kappa shape index (κ1) is 17.1. The van der Waals surface area contributed by atoms with Crippen LogP contribution < -0.4 is 9.47 Å². The molecule has 126 valence electrons. The van der Waals surface area contributed by atoms with Crippen molar-refractivity contribution in [1.82, 2.24) is 4.90 Å². The second-order valence-corrected chi connectivity index (χ2v) is 5.74. The number of carboxylic acid groups (broad SMARTS) is 1. The maximum Gasteiger partial charge on any atom is 0.308 e. The molecule has 1 N–H and O–H groups in total. The molecular weight excluding hydrogens is 298 g/mol. The van der Waals surface area contributed by atoms with E-state index in [0.29, 0.717) is 31.6 Å². The van der Waals surface area contributed by atoms with Crippen LogP contribution in [0.5, 0.6) is 11.5 Å². The third-order valence-corrected chi connectivity index (χ3v) is 4.49. The molecule has 23 heavy (non-hydrogen) atoms. The molecular formula is C17H23NO5. The first-order chi connectivity index (χ1) is 11.0. The van der Waals surface area contributed by atoms with Crippen LogP contribution in [0.1, 0.15) is 25.3 Å². The Morgan fingerprint density at radius 2 is 2.04 bits per heavy atom. The van der Waals surface area contributed by atoms with Gasteiger partial charge in [0.05, 0.1) is 20.1 Å². The van der Waals surface area contributed by atoms with Gasteiger partial charge in [-0.15, -0.1) is 0 Å². The third kappa shape index (κ3) is 3.75.